The van der Waals surface area contributed by atoms with Crippen molar-refractivity contribution in [1.29, 1.82) is 0 Å². The summed E-state index contributed by atoms with van der Waals surface area (Å²) in [6.45, 7) is 9.47. The largest absolute Gasteiger partial charge is 0.285 e. The smallest absolute Gasteiger partial charge is 0.247 e. The van der Waals surface area contributed by atoms with Crippen LogP contribution in [0, 0.1) is 0 Å². The molecule has 3 heteroatoms. The molecule has 0 spiro atoms. The van der Waals surface area contributed by atoms with E-state index in [1.165, 1.54) is 0 Å². The van der Waals surface area contributed by atoms with Crippen LogP contribution in [0.2, 0.25) is 0 Å². The number of hydrogen-bond donors (Lipinski definition) is 1. The van der Waals surface area contributed by atoms with Gasteiger partial charge in [0.1, 0.15) is 0 Å². The van der Waals surface area contributed by atoms with Crippen molar-refractivity contribution in [3.63, 3.8) is 0 Å². The van der Waals surface area contributed by atoms with Gasteiger partial charge < -0.3 is 0 Å². The molecule has 0 saturated heterocycles. The summed E-state index contributed by atoms with van der Waals surface area (Å²) in [5.74, 6) is 0. The molecule has 2 nitrogen and oxygen atoms in total. The van der Waals surface area contributed by atoms with E-state index < -0.39 is 0 Å². The Labute approximate surface area is 110 Å². The predicted molar refractivity (Wildman–Crippen MR) is 81.2 cm³/mol. The Bertz CT molecular complexity index is 374. The fourth-order valence-electron chi connectivity index (χ4n) is 1.03. The van der Waals surface area contributed by atoms with Crippen molar-refractivity contribution in [2.24, 2.45) is 4.99 Å². The molecule has 0 atom stereocenters. The maximum Gasteiger partial charge on any atom is 0.285 e. The molecule has 0 aromatic carbocycles. The van der Waals surface area contributed by atoms with Gasteiger partial charge in [-0.15, -0.1) is 12.6 Å². The van der Waals surface area contributed by atoms with Crippen LogP contribution in [0.3, 0.4) is 0 Å². The van der Waals surface area contributed by atoms with Gasteiger partial charge in [0.25, 0.3) is 6.34 Å². The number of nitrogens with zero attached hydrogens (tertiary/aromatic N) is 2. The maximum absolute atomic E-state index is 4.34. The van der Waals surface area contributed by atoms with Crippen molar-refractivity contribution in [3.05, 3.63) is 47.6 Å². The zero-order chi connectivity index (χ0) is 13.1. The highest BCUT2D eigenvalue weighted by atomic mass is 32.1. The van der Waals surface area contributed by atoms with Gasteiger partial charge in [-0.3, -0.25) is 0 Å². The van der Waals surface area contributed by atoms with Crippen LogP contribution >= 0.6 is 12.6 Å². The van der Waals surface area contributed by atoms with Crippen molar-refractivity contribution in [2.75, 3.05) is 7.05 Å². The summed E-state index contributed by atoms with van der Waals surface area (Å²) in [5.41, 5.74) is 1.04. The van der Waals surface area contributed by atoms with Crippen LogP contribution in [-0.2, 0) is 0 Å². The summed E-state index contributed by atoms with van der Waals surface area (Å²) in [4.78, 5) is 5.08. The quantitative estimate of drug-likeness (QED) is 0.233. The second kappa shape index (κ2) is 9.85. The van der Waals surface area contributed by atoms with Crippen LogP contribution in [0.15, 0.2) is 52.6 Å². The van der Waals surface area contributed by atoms with E-state index >= 15 is 0 Å². The van der Waals surface area contributed by atoms with Gasteiger partial charge in [-0.25, -0.2) is 4.58 Å². The fourth-order valence-corrected chi connectivity index (χ4v) is 1.12. The summed E-state index contributed by atoms with van der Waals surface area (Å²) >= 11 is 4.07. The molecule has 0 rings (SSSR count). The molecule has 92 valence electrons. The molecule has 0 radical (unpaired) electrons. The lowest BCUT2D eigenvalue weighted by molar-refractivity contribution is -0.349. The minimum absolute atomic E-state index is 0.746. The summed E-state index contributed by atoms with van der Waals surface area (Å²) in [5, 5.41) is 0. The highest BCUT2D eigenvalue weighted by molar-refractivity contribution is 7.84. The highest BCUT2D eigenvalue weighted by Crippen LogP contribution is 2.06. The van der Waals surface area contributed by atoms with E-state index in [9.17, 15) is 0 Å². The topological polar surface area (TPSA) is 15.4 Å². The molecule has 0 aliphatic rings. The van der Waals surface area contributed by atoms with Gasteiger partial charge in [-0.2, -0.15) is 0 Å². The zero-order valence-electron chi connectivity index (χ0n) is 10.6. The molecule has 0 fully saturated rings. The van der Waals surface area contributed by atoms with E-state index in [1.54, 1.807) is 10.9 Å². The normalized spacial score (nSPS) is 13.0. The molecule has 0 aliphatic heterocycles. The first-order chi connectivity index (χ1) is 8.06. The molecule has 0 bridgehead atoms. The number of allylic oxidation sites excluding steroid dienone is 5. The van der Waals surface area contributed by atoms with Gasteiger partial charge in [0.15, 0.2) is 5.70 Å². The molecule has 0 aromatic heterocycles. The second-order valence-corrected chi connectivity index (χ2v) is 4.16. The van der Waals surface area contributed by atoms with Crippen LogP contribution in [0.25, 0.3) is 0 Å². The molecule has 17 heavy (non-hydrogen) atoms. The second-order valence-electron chi connectivity index (χ2n) is 3.59. The summed E-state index contributed by atoms with van der Waals surface area (Å²) < 4.78 is 1.68. The zero-order valence-corrected chi connectivity index (χ0v) is 11.5. The Hall–Kier alpha value is -1.35. The highest BCUT2D eigenvalue weighted by Gasteiger charge is 1.96. The van der Waals surface area contributed by atoms with E-state index in [2.05, 4.69) is 50.0 Å². The van der Waals surface area contributed by atoms with Crippen LogP contribution < -0.4 is 0 Å². The summed E-state index contributed by atoms with van der Waals surface area (Å²) in [7, 11) is 1.85. The average Bonchev–Trinajstić information content (AvgIpc) is 2.24. The molecule has 0 unspecified atom stereocenters. The van der Waals surface area contributed by atoms with Crippen LogP contribution in [0.5, 0.6) is 0 Å². The third-order valence-corrected chi connectivity index (χ3v) is 1.87. The van der Waals surface area contributed by atoms with Gasteiger partial charge in [-0.05, 0) is 23.5 Å². The minimum atomic E-state index is 0.746. The third-order valence-electron chi connectivity index (χ3n) is 1.72. The lowest BCUT2D eigenvalue weighted by Crippen LogP contribution is -1.97. The summed E-state index contributed by atoms with van der Waals surface area (Å²) in [6.07, 6.45) is 13.4. The lowest BCUT2D eigenvalue weighted by Gasteiger charge is -1.89. The van der Waals surface area contributed by atoms with Crippen molar-refractivity contribution in [1.82, 2.24) is 0 Å². The van der Waals surface area contributed by atoms with Gasteiger partial charge >= 0.3 is 0 Å². The Kier molecular flexibility index (Phi) is 9.06. The van der Waals surface area contributed by atoms with Gasteiger partial charge in [0.05, 0.1) is 13.8 Å². The first-order valence-corrected chi connectivity index (χ1v) is 5.98. The van der Waals surface area contributed by atoms with E-state index in [0.29, 0.717) is 0 Å². The molecule has 0 aromatic rings. The number of aliphatic imine (C=N–C) groups is 1. The monoisotopic (exact) mass is 249 g/mol. The molecule has 0 N–H and O–H groups in total. The average molecular weight is 249 g/mol. The maximum atomic E-state index is 4.34. The van der Waals surface area contributed by atoms with Crippen molar-refractivity contribution in [3.8, 4) is 0 Å². The molecule has 0 amide bonds. The third kappa shape index (κ3) is 10.9. The lowest BCUT2D eigenvalue weighted by atomic mass is 10.2. The van der Waals surface area contributed by atoms with Crippen molar-refractivity contribution < 1.29 is 4.58 Å². The van der Waals surface area contributed by atoms with E-state index in [1.807, 2.05) is 25.3 Å². The van der Waals surface area contributed by atoms with Gasteiger partial charge in [0.2, 0.25) is 0 Å². The Morgan fingerprint density at radius 1 is 1.41 bits per heavy atom. The van der Waals surface area contributed by atoms with Gasteiger partial charge in [0, 0.05) is 6.42 Å². The van der Waals surface area contributed by atoms with Crippen LogP contribution in [0.1, 0.15) is 19.8 Å². The number of rotatable bonds is 7. The molecular weight excluding hydrogens is 228 g/mol. The van der Waals surface area contributed by atoms with Gasteiger partial charge in [-0.1, -0.05) is 36.7 Å². The van der Waals surface area contributed by atoms with Crippen LogP contribution in [0.4, 0.5) is 0 Å². The fraction of sp³-hybridized carbons (Fsp3) is 0.286. The molecule has 0 aliphatic carbocycles. The molecular formula is C14H21N2S+. The van der Waals surface area contributed by atoms with Crippen molar-refractivity contribution >= 4 is 25.7 Å². The Morgan fingerprint density at radius 2 is 2.12 bits per heavy atom. The van der Waals surface area contributed by atoms with E-state index in [0.717, 1.165) is 23.4 Å². The SMILES string of the molecule is C=C(S)/C=C\C=C/CC(=C/CC)/N=C\[N+](=C)C. The minimum Gasteiger partial charge on any atom is -0.247 e. The number of thiol groups is 1. The standard InChI is InChI=1S/C14H20N2S/c1-5-9-14(15-12-16(3)4)11-8-6-7-10-13(2)17/h6-10,12H,2-3,5,11H2,1,4H3/p+1/b8-6-,10-7-,14-9-,15-12-. The predicted octanol–water partition coefficient (Wildman–Crippen LogP) is 3.60. The Morgan fingerprint density at radius 3 is 2.65 bits per heavy atom. The van der Waals surface area contributed by atoms with E-state index in [4.69, 9.17) is 0 Å². The van der Waals surface area contributed by atoms with Crippen molar-refractivity contribution in [2.45, 2.75) is 19.8 Å². The molecule has 0 saturated carbocycles. The first-order valence-electron chi connectivity index (χ1n) is 5.54. The molecule has 0 heterocycles. The van der Waals surface area contributed by atoms with E-state index in [-0.39, 0.29) is 0 Å². The number of hydrogen-bond acceptors (Lipinski definition) is 2. The first kappa shape index (κ1) is 15.7. The summed E-state index contributed by atoms with van der Waals surface area (Å²) in [6, 6.07) is 0. The van der Waals surface area contributed by atoms with Crippen LogP contribution in [-0.4, -0.2) is 24.7 Å². The Balaban J connectivity index is 4.33.